The standard InChI is InChI=1S/C22H31NO7/c1-21(2,3)29-19(26)18(15-10-8-7-9-11-15)28-17(25)13-12-16(24)14-23-20(27)30-22(4,5)6/h7-11,18H,12-14H2,1-6H3,(H,23,27). The fourth-order valence-corrected chi connectivity index (χ4v) is 2.24. The van der Waals surface area contributed by atoms with Gasteiger partial charge in [0.15, 0.2) is 5.78 Å². The van der Waals surface area contributed by atoms with Crippen LogP contribution in [-0.4, -0.2) is 41.6 Å². The van der Waals surface area contributed by atoms with Gasteiger partial charge in [-0.1, -0.05) is 30.3 Å². The molecule has 1 atom stereocenters. The Morgan fingerprint density at radius 3 is 1.97 bits per heavy atom. The number of hydrogen-bond acceptors (Lipinski definition) is 7. The van der Waals surface area contributed by atoms with Crippen LogP contribution in [0.3, 0.4) is 0 Å². The number of carbonyl (C=O) groups excluding carboxylic acids is 4. The molecule has 1 aromatic rings. The van der Waals surface area contributed by atoms with Crippen molar-refractivity contribution in [1.82, 2.24) is 5.32 Å². The van der Waals surface area contributed by atoms with Crippen LogP contribution in [0.5, 0.6) is 0 Å². The number of Topliss-reactive ketones (excluding diaryl/α,β-unsaturated/α-hetero) is 1. The Labute approximate surface area is 177 Å². The van der Waals surface area contributed by atoms with Crippen LogP contribution >= 0.6 is 0 Å². The van der Waals surface area contributed by atoms with Crippen molar-refractivity contribution >= 4 is 23.8 Å². The summed E-state index contributed by atoms with van der Waals surface area (Å²) in [7, 11) is 0. The molecule has 1 aromatic carbocycles. The van der Waals surface area contributed by atoms with Gasteiger partial charge < -0.3 is 19.5 Å². The molecule has 30 heavy (non-hydrogen) atoms. The predicted octanol–water partition coefficient (Wildman–Crippen LogP) is 3.49. The summed E-state index contributed by atoms with van der Waals surface area (Å²) in [6.07, 6.45) is -2.33. The van der Waals surface area contributed by atoms with E-state index in [1.807, 2.05) is 0 Å². The van der Waals surface area contributed by atoms with E-state index in [1.165, 1.54) is 0 Å². The lowest BCUT2D eigenvalue weighted by Crippen LogP contribution is -2.35. The minimum atomic E-state index is -1.23. The van der Waals surface area contributed by atoms with Gasteiger partial charge in [-0.05, 0) is 41.5 Å². The third kappa shape index (κ3) is 10.6. The van der Waals surface area contributed by atoms with Crippen molar-refractivity contribution in [3.05, 3.63) is 35.9 Å². The molecular formula is C22H31NO7. The number of benzene rings is 1. The lowest BCUT2D eigenvalue weighted by Gasteiger charge is -2.24. The normalized spacial score (nSPS) is 12.5. The molecule has 1 unspecified atom stereocenters. The summed E-state index contributed by atoms with van der Waals surface area (Å²) in [6, 6.07) is 8.50. The zero-order valence-corrected chi connectivity index (χ0v) is 18.4. The number of nitrogens with one attached hydrogen (secondary N) is 1. The first-order valence-corrected chi connectivity index (χ1v) is 9.73. The summed E-state index contributed by atoms with van der Waals surface area (Å²) in [6.45, 7) is 9.99. The molecule has 0 aromatic heterocycles. The molecule has 0 bridgehead atoms. The number of carbonyl (C=O) groups is 4. The second kappa shape index (κ2) is 10.8. The second-order valence-corrected chi connectivity index (χ2v) is 8.71. The zero-order valence-electron chi connectivity index (χ0n) is 18.4. The topological polar surface area (TPSA) is 108 Å². The van der Waals surface area contributed by atoms with E-state index in [-0.39, 0.29) is 25.2 Å². The molecular weight excluding hydrogens is 390 g/mol. The van der Waals surface area contributed by atoms with Crippen molar-refractivity contribution in [3.63, 3.8) is 0 Å². The van der Waals surface area contributed by atoms with Crippen LogP contribution in [0.4, 0.5) is 4.79 Å². The van der Waals surface area contributed by atoms with Crippen LogP contribution in [0.2, 0.25) is 0 Å². The highest BCUT2D eigenvalue weighted by Gasteiger charge is 2.30. The molecule has 0 aliphatic carbocycles. The van der Waals surface area contributed by atoms with Crippen LogP contribution in [0.1, 0.15) is 66.1 Å². The third-order valence-electron chi connectivity index (χ3n) is 3.41. The largest absolute Gasteiger partial charge is 0.457 e. The summed E-state index contributed by atoms with van der Waals surface area (Å²) in [5.41, 5.74) is -0.955. The van der Waals surface area contributed by atoms with Crippen LogP contribution < -0.4 is 5.32 Å². The summed E-state index contributed by atoms with van der Waals surface area (Å²) in [5, 5.41) is 2.34. The molecule has 1 N–H and O–H groups in total. The highest BCUT2D eigenvalue weighted by Crippen LogP contribution is 2.23. The minimum absolute atomic E-state index is 0.148. The van der Waals surface area contributed by atoms with Gasteiger partial charge >= 0.3 is 18.0 Å². The minimum Gasteiger partial charge on any atom is -0.457 e. The molecule has 8 nitrogen and oxygen atoms in total. The first-order chi connectivity index (χ1) is 13.8. The molecule has 0 saturated carbocycles. The highest BCUT2D eigenvalue weighted by molar-refractivity contribution is 5.87. The molecule has 0 spiro atoms. The Morgan fingerprint density at radius 2 is 1.43 bits per heavy atom. The monoisotopic (exact) mass is 421 g/mol. The van der Waals surface area contributed by atoms with Gasteiger partial charge in [-0.15, -0.1) is 0 Å². The summed E-state index contributed by atoms with van der Waals surface area (Å²) in [4.78, 5) is 48.2. The molecule has 0 fully saturated rings. The van der Waals surface area contributed by atoms with Gasteiger partial charge in [0, 0.05) is 12.0 Å². The maximum absolute atomic E-state index is 12.5. The fourth-order valence-electron chi connectivity index (χ4n) is 2.24. The molecule has 166 valence electrons. The van der Waals surface area contributed by atoms with Crippen LogP contribution in [0.15, 0.2) is 30.3 Å². The number of hydrogen-bond donors (Lipinski definition) is 1. The Balaban J connectivity index is 2.60. The van der Waals surface area contributed by atoms with E-state index in [0.29, 0.717) is 5.56 Å². The first kappa shape index (κ1) is 25.1. The number of ketones is 1. The van der Waals surface area contributed by atoms with E-state index in [1.54, 1.807) is 71.9 Å². The number of rotatable bonds is 8. The van der Waals surface area contributed by atoms with Gasteiger partial charge in [0.25, 0.3) is 0 Å². The van der Waals surface area contributed by atoms with Gasteiger partial charge in [0.2, 0.25) is 6.10 Å². The Morgan fingerprint density at radius 1 is 0.867 bits per heavy atom. The lowest BCUT2D eigenvalue weighted by atomic mass is 10.1. The van der Waals surface area contributed by atoms with Gasteiger partial charge in [-0.3, -0.25) is 9.59 Å². The summed E-state index contributed by atoms with van der Waals surface area (Å²) < 4.78 is 15.7. The van der Waals surface area contributed by atoms with Gasteiger partial charge in [0.05, 0.1) is 13.0 Å². The SMILES string of the molecule is CC(C)(C)OC(=O)NCC(=O)CCC(=O)OC(C(=O)OC(C)(C)C)c1ccccc1. The van der Waals surface area contributed by atoms with Gasteiger partial charge in [-0.25, -0.2) is 9.59 Å². The lowest BCUT2D eigenvalue weighted by molar-refractivity contribution is -0.176. The fraction of sp³-hybridized carbons (Fsp3) is 0.545. The Kier molecular flexibility index (Phi) is 9.01. The Hall–Kier alpha value is -2.90. The van der Waals surface area contributed by atoms with Crippen molar-refractivity contribution in [2.24, 2.45) is 0 Å². The summed E-state index contributed by atoms with van der Waals surface area (Å²) in [5.74, 6) is -1.79. The van der Waals surface area contributed by atoms with Crippen LogP contribution in [0.25, 0.3) is 0 Å². The quantitative estimate of drug-likeness (QED) is 0.506. The number of amides is 1. The average Bonchev–Trinajstić information content (AvgIpc) is 2.60. The zero-order chi connectivity index (χ0) is 22.9. The van der Waals surface area contributed by atoms with Crippen LogP contribution in [0, 0.1) is 0 Å². The molecule has 0 aliphatic rings. The molecule has 1 amide bonds. The van der Waals surface area contributed by atoms with E-state index in [4.69, 9.17) is 14.2 Å². The number of esters is 2. The first-order valence-electron chi connectivity index (χ1n) is 9.73. The van der Waals surface area contributed by atoms with Gasteiger partial charge in [-0.2, -0.15) is 0 Å². The molecule has 0 radical (unpaired) electrons. The van der Waals surface area contributed by atoms with Crippen molar-refractivity contribution < 1.29 is 33.4 Å². The second-order valence-electron chi connectivity index (χ2n) is 8.71. The van der Waals surface area contributed by atoms with E-state index in [9.17, 15) is 19.2 Å². The molecule has 1 rings (SSSR count). The average molecular weight is 421 g/mol. The predicted molar refractivity (Wildman–Crippen MR) is 110 cm³/mol. The molecule has 0 heterocycles. The molecule has 0 saturated heterocycles. The highest BCUT2D eigenvalue weighted by atomic mass is 16.6. The molecule has 8 heteroatoms. The van der Waals surface area contributed by atoms with Gasteiger partial charge in [0.1, 0.15) is 11.2 Å². The number of alkyl carbamates (subject to hydrolysis) is 1. The van der Waals surface area contributed by atoms with Crippen molar-refractivity contribution in [2.45, 2.75) is 71.7 Å². The van der Waals surface area contributed by atoms with Crippen molar-refractivity contribution in [2.75, 3.05) is 6.54 Å². The third-order valence-corrected chi connectivity index (χ3v) is 3.41. The summed E-state index contributed by atoms with van der Waals surface area (Å²) >= 11 is 0. The maximum Gasteiger partial charge on any atom is 0.408 e. The smallest absolute Gasteiger partial charge is 0.408 e. The van der Waals surface area contributed by atoms with Crippen LogP contribution in [-0.2, 0) is 28.6 Å². The molecule has 0 aliphatic heterocycles. The van der Waals surface area contributed by atoms with Crippen molar-refractivity contribution in [1.29, 1.82) is 0 Å². The Bertz CT molecular complexity index is 745. The van der Waals surface area contributed by atoms with E-state index >= 15 is 0 Å². The van der Waals surface area contributed by atoms with E-state index in [2.05, 4.69) is 5.32 Å². The number of ether oxygens (including phenoxy) is 3. The maximum atomic E-state index is 12.5. The van der Waals surface area contributed by atoms with E-state index < -0.39 is 35.3 Å². The van der Waals surface area contributed by atoms with Crippen molar-refractivity contribution in [3.8, 4) is 0 Å². The van der Waals surface area contributed by atoms with E-state index in [0.717, 1.165) is 0 Å².